The van der Waals surface area contributed by atoms with Crippen LogP contribution in [0.3, 0.4) is 0 Å². The van der Waals surface area contributed by atoms with Gasteiger partial charge in [0.2, 0.25) is 94.5 Å². The Hall–Kier alpha value is -14.6. The number of aromatic nitrogens is 1. The molecule has 2 aromatic carbocycles. The highest BCUT2D eigenvalue weighted by molar-refractivity contribution is 6.02. The molecule has 0 aliphatic carbocycles. The Morgan fingerprint density at radius 3 is 1.16 bits per heavy atom. The number of hydrogen-bond donors (Lipinski definition) is 34. The molecule has 0 aliphatic rings. The molecule has 712 valence electrons. The van der Waals surface area contributed by atoms with Gasteiger partial charge in [-0.1, -0.05) is 30.3 Å². The number of aliphatic hydroxyl groups is 3. The van der Waals surface area contributed by atoms with Gasteiger partial charge >= 0.3 is 17.9 Å². The molecule has 0 saturated heterocycles. The number of amides is 16. The number of rotatable bonds is 57. The summed E-state index contributed by atoms with van der Waals surface area (Å²) in [5.41, 5.74) is 28.3. The lowest BCUT2D eigenvalue weighted by Gasteiger charge is -2.28. The number of phenols is 1. The van der Waals surface area contributed by atoms with Crippen LogP contribution in [0.2, 0.25) is 0 Å². The van der Waals surface area contributed by atoms with E-state index in [0.29, 0.717) is 16.5 Å². The molecule has 17 atom stereocenters. The maximum atomic E-state index is 14.7. The Balaban J connectivity index is 1.87. The molecule has 3 aromatic rings. The van der Waals surface area contributed by atoms with Crippen LogP contribution in [0.4, 0.5) is 0 Å². The van der Waals surface area contributed by atoms with E-state index in [1.165, 1.54) is 44.3 Å². The van der Waals surface area contributed by atoms with E-state index in [9.17, 15) is 127 Å². The topological polar surface area (TPSA) is 900 Å². The molecule has 129 heavy (non-hydrogen) atoms. The molecular formula is C76H117N27O26. The van der Waals surface area contributed by atoms with Crippen molar-refractivity contribution >= 4 is 141 Å². The van der Waals surface area contributed by atoms with E-state index in [4.69, 9.17) is 44.9 Å². The van der Waals surface area contributed by atoms with Gasteiger partial charge in [0, 0.05) is 56.0 Å². The molecule has 0 saturated carbocycles. The number of hydrogen-bond acceptors (Lipinski definition) is 27. The van der Waals surface area contributed by atoms with Crippen LogP contribution < -0.4 is 124 Å². The number of carbonyl (C=O) groups excluding carboxylic acids is 16. The molecule has 0 aliphatic heterocycles. The van der Waals surface area contributed by atoms with Crippen LogP contribution in [-0.2, 0) is 104 Å². The standard InChI is InChI=1S/C76H117N27O26/c1-33(89-63(118)43(77)31-104)59(114)100-51(28-54(78)108)67(122)91-36(4)61(116)99-50(27-40-30-88-44-13-8-7-12-42(40)44)69(124)96-45(14-9-23-85-74(79)80)64(119)90-35(3)60(115)98-49(26-39-17-19-41(107)20-18-39)68(123)101-52(29-56(111)112)70(125)103-57(38(6)106)72(127)93-37(5)62(117)102-53(32-105)71(126)92-34(2)58(113)94-47(21-22-55(109)110)66(121)95-46(15-10-24-86-75(81)82)65(120)97-48(73(128)129)16-11-25-87-76(83)84/h7-8,12-13,17-20,30,33-38,43,45-53,57,88,104-107H,9-11,14-16,21-29,31-32,77H2,1-6H3,(H2,78,108)(H,89,118)(H,90,119)(H,91,122)(H,92,126)(H,93,127)(H,94,113)(H,95,121)(H,96,124)(H,97,120)(H,98,115)(H,99,116)(H,100,114)(H,101,123)(H,102,117)(H,103,125)(H,109,110)(H,111,112)(H,128,129)(H4,79,80,85)(H4,81,82,86)(H4,83,84,87)/t33-,34-,35-,36-,37-,38+,43-,45-,46-,47-,48-,49-,50-,51-,52-,53-,57-/m0/s1. The first-order chi connectivity index (χ1) is 60.5. The van der Waals surface area contributed by atoms with Crippen LogP contribution in [0.15, 0.2) is 54.7 Å². The third-order valence-electron chi connectivity index (χ3n) is 19.1. The molecule has 0 unspecified atom stereocenters. The fourth-order valence-electron chi connectivity index (χ4n) is 11.9. The van der Waals surface area contributed by atoms with Crippen molar-refractivity contribution in [3.63, 3.8) is 0 Å². The van der Waals surface area contributed by atoms with Gasteiger partial charge in [-0.25, -0.2) is 4.79 Å². The zero-order valence-corrected chi connectivity index (χ0v) is 71.3. The largest absolute Gasteiger partial charge is 0.508 e. The Morgan fingerprint density at radius 1 is 0.380 bits per heavy atom. The second-order valence-electron chi connectivity index (χ2n) is 29.8. The second-order valence-corrected chi connectivity index (χ2v) is 29.8. The van der Waals surface area contributed by atoms with Crippen molar-refractivity contribution < 1.29 is 127 Å². The smallest absolute Gasteiger partial charge is 0.326 e. The number of fused-ring (bicyclic) bond motifs is 1. The first-order valence-electron chi connectivity index (χ1n) is 40.3. The molecule has 0 radical (unpaired) electrons. The number of aliphatic carboxylic acids is 3. The number of aromatic amines is 1. The third kappa shape index (κ3) is 39.2. The van der Waals surface area contributed by atoms with Crippen molar-refractivity contribution in [1.82, 2.24) is 101 Å². The Kier molecular flexibility index (Phi) is 45.7. The molecule has 3 rings (SSSR count). The van der Waals surface area contributed by atoms with Gasteiger partial charge in [0.25, 0.3) is 0 Å². The maximum Gasteiger partial charge on any atom is 0.326 e. The van der Waals surface area contributed by atoms with Gasteiger partial charge in [0.05, 0.1) is 32.2 Å². The summed E-state index contributed by atoms with van der Waals surface area (Å²) in [4.78, 5) is 259. The lowest BCUT2D eigenvalue weighted by Crippen LogP contribution is -2.62. The maximum absolute atomic E-state index is 14.7. The Bertz CT molecular complexity index is 4500. The van der Waals surface area contributed by atoms with Gasteiger partial charge in [-0.3, -0.25) is 103 Å². The Labute approximate surface area is 736 Å². The van der Waals surface area contributed by atoms with Crippen molar-refractivity contribution in [3.05, 3.63) is 65.9 Å². The van der Waals surface area contributed by atoms with Crippen LogP contribution >= 0.6 is 0 Å². The molecular weight excluding hydrogens is 1710 g/mol. The molecule has 0 fully saturated rings. The van der Waals surface area contributed by atoms with Crippen molar-refractivity contribution in [2.45, 2.75) is 221 Å². The highest BCUT2D eigenvalue weighted by atomic mass is 16.4. The summed E-state index contributed by atoms with van der Waals surface area (Å²) in [6, 6.07) is -15.6. The number of nitrogens with two attached hydrogens (primary N) is 5. The van der Waals surface area contributed by atoms with Gasteiger partial charge in [-0.15, -0.1) is 0 Å². The number of carboxylic acids is 3. The molecule has 53 heteroatoms. The molecule has 39 N–H and O–H groups in total. The van der Waals surface area contributed by atoms with Crippen LogP contribution in [0.5, 0.6) is 5.75 Å². The molecule has 0 spiro atoms. The monoisotopic (exact) mass is 1820 g/mol. The van der Waals surface area contributed by atoms with E-state index >= 15 is 0 Å². The number of nitrogens with one attached hydrogen (secondary N) is 22. The number of aromatic hydroxyl groups is 1. The van der Waals surface area contributed by atoms with Crippen molar-refractivity contribution in [1.29, 1.82) is 16.2 Å². The van der Waals surface area contributed by atoms with Gasteiger partial charge in [0.15, 0.2) is 17.9 Å². The molecule has 1 aromatic heterocycles. The average Bonchev–Trinajstić information content (AvgIpc) is 1.72. The molecule has 0 bridgehead atoms. The summed E-state index contributed by atoms with van der Waals surface area (Å²) >= 11 is 0. The van der Waals surface area contributed by atoms with Crippen LogP contribution in [0, 0.1) is 16.2 Å². The highest BCUT2D eigenvalue weighted by Gasteiger charge is 2.39. The number of carbonyl (C=O) groups is 19. The predicted molar refractivity (Wildman–Crippen MR) is 453 cm³/mol. The summed E-state index contributed by atoms with van der Waals surface area (Å²) in [5, 5.41) is 135. The SMILES string of the molecule is C[C@H](NC(=O)[C@H](CC(N)=O)NC(=O)[C@H](C)NC(=O)[C@@H](N)CO)C(=O)N[C@@H](Cc1c[nH]c2ccccc12)C(=O)N[C@@H](CCCNC(=N)N)C(=O)N[C@@H](C)C(=O)N[C@@H](Cc1ccc(O)cc1)C(=O)N[C@@H](CC(=O)O)C(=O)N[C@H](C(=O)N[C@@H](C)C(=O)N[C@@H](CO)C(=O)N[C@@H](C)C(=O)N[C@@H](CCC(=O)O)C(=O)N[C@@H](CCCNC(=N)N)C(=O)N[C@@H](CCCNC(=N)N)C(=O)O)[C@@H](C)O. The minimum atomic E-state index is -2.18. The van der Waals surface area contributed by atoms with E-state index in [1.807, 2.05) is 0 Å². The average molecular weight is 1820 g/mol. The number of primary amides is 1. The summed E-state index contributed by atoms with van der Waals surface area (Å²) in [7, 11) is 0. The van der Waals surface area contributed by atoms with Crippen LogP contribution in [0.25, 0.3) is 10.9 Å². The van der Waals surface area contributed by atoms with Gasteiger partial charge < -0.3 is 165 Å². The fourth-order valence-corrected chi connectivity index (χ4v) is 11.9. The number of phenolic OH excluding ortho intramolecular Hbond substituents is 1. The fraction of sp³-hybridized carbons (Fsp3) is 0.526. The third-order valence-corrected chi connectivity index (χ3v) is 19.1. The normalized spacial score (nSPS) is 14.9. The number of para-hydroxylation sites is 1. The number of H-pyrrole nitrogens is 1. The summed E-state index contributed by atoms with van der Waals surface area (Å²) in [6.45, 7) is 4.53. The molecule has 1 heterocycles. The number of aliphatic hydroxyl groups excluding tert-OH is 3. The second kappa shape index (κ2) is 54.3. The van der Waals surface area contributed by atoms with Crippen molar-refractivity contribution in [2.24, 2.45) is 28.7 Å². The van der Waals surface area contributed by atoms with E-state index in [-0.39, 0.29) is 75.9 Å². The minimum absolute atomic E-state index is 0.0190. The van der Waals surface area contributed by atoms with E-state index in [1.54, 1.807) is 24.3 Å². The Morgan fingerprint density at radius 2 is 0.729 bits per heavy atom. The minimum Gasteiger partial charge on any atom is -0.508 e. The number of carboxylic acid groups (broad SMARTS) is 3. The zero-order chi connectivity index (χ0) is 97.2. The van der Waals surface area contributed by atoms with E-state index in [0.717, 1.165) is 27.7 Å². The van der Waals surface area contributed by atoms with Crippen LogP contribution in [-0.4, -0.2) is 307 Å². The van der Waals surface area contributed by atoms with Crippen molar-refractivity contribution in [3.8, 4) is 5.75 Å². The van der Waals surface area contributed by atoms with Crippen molar-refractivity contribution in [2.75, 3.05) is 32.8 Å². The van der Waals surface area contributed by atoms with E-state index in [2.05, 4.69) is 101 Å². The predicted octanol–water partition coefficient (Wildman–Crippen LogP) is -12.2. The number of guanidine groups is 3. The number of benzene rings is 2. The first-order valence-corrected chi connectivity index (χ1v) is 40.3. The first kappa shape index (κ1) is 109. The van der Waals surface area contributed by atoms with Gasteiger partial charge in [-0.05, 0) is 116 Å². The van der Waals surface area contributed by atoms with Gasteiger partial charge in [-0.2, -0.15) is 0 Å². The lowest BCUT2D eigenvalue weighted by molar-refractivity contribution is -0.143. The summed E-state index contributed by atoms with van der Waals surface area (Å²) < 4.78 is 0. The highest BCUT2D eigenvalue weighted by Crippen LogP contribution is 2.21. The summed E-state index contributed by atoms with van der Waals surface area (Å²) in [5.74, 6) is -24.8. The van der Waals surface area contributed by atoms with E-state index < -0.39 is 278 Å². The molecule has 16 amide bonds. The summed E-state index contributed by atoms with van der Waals surface area (Å²) in [6.07, 6.45) is -5.31. The molecule has 53 nitrogen and oxygen atoms in total. The quantitative estimate of drug-likeness (QED) is 0.0142. The zero-order valence-electron chi connectivity index (χ0n) is 71.3. The lowest BCUT2D eigenvalue weighted by atomic mass is 10.0. The van der Waals surface area contributed by atoms with Gasteiger partial charge in [0.1, 0.15) is 102 Å². The van der Waals surface area contributed by atoms with Crippen LogP contribution in [0.1, 0.15) is 117 Å².